The van der Waals surface area contributed by atoms with Gasteiger partial charge in [0.15, 0.2) is 5.76 Å². The summed E-state index contributed by atoms with van der Waals surface area (Å²) in [6, 6.07) is 0. The molecule has 0 aromatic heterocycles. The van der Waals surface area contributed by atoms with Gasteiger partial charge in [-0.1, -0.05) is 46.4 Å². The SMILES string of the molecule is COC1=C(Cl)C(Cl)=C(Cl)C1(Cl)OC. The molecule has 0 aliphatic heterocycles. The first-order valence-electron chi connectivity index (χ1n) is 3.23. The van der Waals surface area contributed by atoms with Gasteiger partial charge >= 0.3 is 0 Å². The lowest BCUT2D eigenvalue weighted by atomic mass is 10.3. The summed E-state index contributed by atoms with van der Waals surface area (Å²) in [6.45, 7) is 0. The van der Waals surface area contributed by atoms with Gasteiger partial charge in [0.05, 0.1) is 17.2 Å². The van der Waals surface area contributed by atoms with Gasteiger partial charge in [0.1, 0.15) is 5.03 Å². The molecule has 0 heterocycles. The molecule has 0 saturated carbocycles. The average molecular weight is 264 g/mol. The Labute approximate surface area is 96.0 Å². The maximum absolute atomic E-state index is 6.00. The minimum absolute atomic E-state index is 0.111. The average Bonchev–Trinajstić information content (AvgIpc) is 2.29. The maximum atomic E-state index is 6.00. The second-order valence-electron chi connectivity index (χ2n) is 2.27. The van der Waals surface area contributed by atoms with E-state index in [1.807, 2.05) is 0 Å². The molecule has 6 heteroatoms. The van der Waals surface area contributed by atoms with Gasteiger partial charge < -0.3 is 9.47 Å². The van der Waals surface area contributed by atoms with E-state index < -0.39 is 5.06 Å². The topological polar surface area (TPSA) is 18.5 Å². The summed E-state index contributed by atoms with van der Waals surface area (Å²) < 4.78 is 9.93. The van der Waals surface area contributed by atoms with Crippen molar-refractivity contribution >= 4 is 46.4 Å². The van der Waals surface area contributed by atoms with Gasteiger partial charge in [0, 0.05) is 7.11 Å². The van der Waals surface area contributed by atoms with E-state index >= 15 is 0 Å². The van der Waals surface area contributed by atoms with Crippen LogP contribution < -0.4 is 0 Å². The molecule has 0 fully saturated rings. The van der Waals surface area contributed by atoms with Gasteiger partial charge in [0.25, 0.3) is 0 Å². The first-order chi connectivity index (χ1) is 5.99. The van der Waals surface area contributed by atoms with E-state index in [4.69, 9.17) is 55.9 Å². The third-order valence-electron chi connectivity index (χ3n) is 1.64. The lowest BCUT2D eigenvalue weighted by Crippen LogP contribution is -2.26. The quantitative estimate of drug-likeness (QED) is 0.712. The molecule has 0 aromatic rings. The van der Waals surface area contributed by atoms with Gasteiger partial charge in [-0.3, -0.25) is 0 Å². The normalized spacial score (nSPS) is 28.8. The van der Waals surface area contributed by atoms with Crippen LogP contribution in [0.1, 0.15) is 0 Å². The van der Waals surface area contributed by atoms with E-state index in [0.29, 0.717) is 0 Å². The number of rotatable bonds is 2. The van der Waals surface area contributed by atoms with Crippen molar-refractivity contribution in [2.45, 2.75) is 5.06 Å². The van der Waals surface area contributed by atoms with Crippen LogP contribution >= 0.6 is 46.4 Å². The first kappa shape index (κ1) is 11.5. The lowest BCUT2D eigenvalue weighted by molar-refractivity contribution is 0.0794. The fraction of sp³-hybridized carbons (Fsp3) is 0.429. The monoisotopic (exact) mass is 262 g/mol. The van der Waals surface area contributed by atoms with Gasteiger partial charge in [-0.25, -0.2) is 0 Å². The van der Waals surface area contributed by atoms with Crippen LogP contribution in [-0.2, 0) is 9.47 Å². The Morgan fingerprint density at radius 3 is 1.92 bits per heavy atom. The van der Waals surface area contributed by atoms with Crippen LogP contribution in [0.15, 0.2) is 20.9 Å². The predicted octanol–water partition coefficient (Wildman–Crippen LogP) is 3.37. The second kappa shape index (κ2) is 3.87. The second-order valence-corrected chi connectivity index (χ2v) is 3.94. The van der Waals surface area contributed by atoms with Crippen LogP contribution in [-0.4, -0.2) is 19.3 Å². The first-order valence-corrected chi connectivity index (χ1v) is 4.74. The Hall–Kier alpha value is 0.400. The fourth-order valence-electron chi connectivity index (χ4n) is 0.981. The number of ether oxygens (including phenoxy) is 2. The maximum Gasteiger partial charge on any atom is 0.238 e. The van der Waals surface area contributed by atoms with Crippen LogP contribution in [0, 0.1) is 0 Å². The van der Waals surface area contributed by atoms with Gasteiger partial charge in [-0.05, 0) is 0 Å². The Morgan fingerprint density at radius 2 is 1.62 bits per heavy atom. The van der Waals surface area contributed by atoms with E-state index in [1.165, 1.54) is 14.2 Å². The minimum atomic E-state index is -1.38. The Bertz CT molecular complexity index is 297. The zero-order valence-electron chi connectivity index (χ0n) is 6.83. The summed E-state index contributed by atoms with van der Waals surface area (Å²) in [6.07, 6.45) is 0. The molecule has 0 saturated heterocycles. The molecule has 13 heavy (non-hydrogen) atoms. The molecule has 1 aliphatic carbocycles. The molecule has 0 spiro atoms. The lowest BCUT2D eigenvalue weighted by Gasteiger charge is -2.22. The predicted molar refractivity (Wildman–Crippen MR) is 54.2 cm³/mol. The molecule has 0 radical (unpaired) electrons. The van der Waals surface area contributed by atoms with Crippen LogP contribution in [0.2, 0.25) is 0 Å². The summed E-state index contributed by atoms with van der Waals surface area (Å²) in [5.41, 5.74) is 0. The smallest absolute Gasteiger partial charge is 0.238 e. The van der Waals surface area contributed by atoms with Crippen molar-refractivity contribution in [2.75, 3.05) is 14.2 Å². The van der Waals surface area contributed by atoms with Crippen LogP contribution in [0.5, 0.6) is 0 Å². The molecule has 0 bridgehead atoms. The summed E-state index contributed by atoms with van der Waals surface area (Å²) in [5.74, 6) is 0.202. The van der Waals surface area contributed by atoms with Crippen molar-refractivity contribution in [3.8, 4) is 0 Å². The van der Waals surface area contributed by atoms with Crippen molar-refractivity contribution in [1.82, 2.24) is 0 Å². The highest BCUT2D eigenvalue weighted by Crippen LogP contribution is 2.50. The highest BCUT2D eigenvalue weighted by molar-refractivity contribution is 6.53. The number of halogens is 4. The Morgan fingerprint density at radius 1 is 1.08 bits per heavy atom. The van der Waals surface area contributed by atoms with Crippen molar-refractivity contribution in [2.24, 2.45) is 0 Å². The van der Waals surface area contributed by atoms with E-state index in [-0.39, 0.29) is 20.9 Å². The van der Waals surface area contributed by atoms with Crippen LogP contribution in [0.25, 0.3) is 0 Å². The van der Waals surface area contributed by atoms with E-state index in [2.05, 4.69) is 0 Å². The molecular formula is C7H6Cl4O2. The van der Waals surface area contributed by atoms with E-state index in [0.717, 1.165) is 0 Å². The molecule has 0 N–H and O–H groups in total. The summed E-state index contributed by atoms with van der Waals surface area (Å²) in [4.78, 5) is 0. The van der Waals surface area contributed by atoms with E-state index in [1.54, 1.807) is 0 Å². The van der Waals surface area contributed by atoms with Crippen LogP contribution in [0.3, 0.4) is 0 Å². The summed E-state index contributed by atoms with van der Waals surface area (Å²) in [7, 11) is 2.79. The van der Waals surface area contributed by atoms with Crippen molar-refractivity contribution in [3.63, 3.8) is 0 Å². The molecule has 1 unspecified atom stereocenters. The van der Waals surface area contributed by atoms with E-state index in [9.17, 15) is 0 Å². The Kier molecular flexibility index (Phi) is 3.42. The third-order valence-corrected chi connectivity index (χ3v) is 3.64. The molecule has 1 rings (SSSR count). The molecule has 74 valence electrons. The van der Waals surface area contributed by atoms with Crippen LogP contribution in [0.4, 0.5) is 0 Å². The highest BCUT2D eigenvalue weighted by atomic mass is 35.5. The number of alkyl halides is 1. The Balaban J connectivity index is 3.25. The number of hydrogen-bond acceptors (Lipinski definition) is 2. The molecule has 2 nitrogen and oxygen atoms in total. The summed E-state index contributed by atoms with van der Waals surface area (Å²) in [5, 5.41) is -0.951. The third kappa shape index (κ3) is 1.55. The minimum Gasteiger partial charge on any atom is -0.495 e. The van der Waals surface area contributed by atoms with Gasteiger partial charge in [-0.2, -0.15) is 0 Å². The zero-order valence-corrected chi connectivity index (χ0v) is 9.85. The number of allylic oxidation sites excluding steroid dienone is 2. The fourth-order valence-corrected chi connectivity index (χ4v) is 2.17. The van der Waals surface area contributed by atoms with Crippen molar-refractivity contribution in [3.05, 3.63) is 20.9 Å². The van der Waals surface area contributed by atoms with Crippen molar-refractivity contribution < 1.29 is 9.47 Å². The van der Waals surface area contributed by atoms with Gasteiger partial charge in [-0.15, -0.1) is 0 Å². The highest BCUT2D eigenvalue weighted by Gasteiger charge is 2.47. The van der Waals surface area contributed by atoms with Gasteiger partial charge in [0.2, 0.25) is 5.06 Å². The number of hydrogen-bond donors (Lipinski definition) is 0. The molecule has 1 aliphatic rings. The molecular weight excluding hydrogens is 258 g/mol. The number of methoxy groups -OCH3 is 2. The molecule has 0 aromatic carbocycles. The van der Waals surface area contributed by atoms with Crippen molar-refractivity contribution in [1.29, 1.82) is 0 Å². The molecule has 0 amide bonds. The standard InChI is InChI=1S/C7H6Cl4O2/c1-12-6-4(9)3(8)5(10)7(6,11)13-2/h1-2H3. The largest absolute Gasteiger partial charge is 0.495 e. The molecule has 1 atom stereocenters. The summed E-state index contributed by atoms with van der Waals surface area (Å²) >= 11 is 23.4. The zero-order chi connectivity index (χ0) is 10.2.